The van der Waals surface area contributed by atoms with Crippen molar-refractivity contribution in [3.05, 3.63) is 23.7 Å². The highest BCUT2D eigenvalue weighted by molar-refractivity contribution is 5.16. The molecule has 10 heavy (non-hydrogen) atoms. The Balaban J connectivity index is 4.08. The van der Waals surface area contributed by atoms with Gasteiger partial charge < -0.3 is 21.9 Å². The van der Waals surface area contributed by atoms with Gasteiger partial charge in [-0.25, -0.2) is 0 Å². The van der Waals surface area contributed by atoms with Crippen molar-refractivity contribution in [2.75, 3.05) is 13.7 Å². The molecule has 0 spiro atoms. The van der Waals surface area contributed by atoms with Gasteiger partial charge in [0.15, 0.2) is 0 Å². The van der Waals surface area contributed by atoms with Gasteiger partial charge in [-0.15, -0.1) is 0 Å². The van der Waals surface area contributed by atoms with Crippen LogP contribution >= 0.6 is 0 Å². The molecule has 0 aromatic heterocycles. The number of methoxy groups -OCH3 is 1. The largest absolute Gasteiger partial charge is 0.495 e. The average Bonchev–Trinajstić information content (AvgIpc) is 1.99. The Kier molecular flexibility index (Phi) is 4.15. The van der Waals surface area contributed by atoms with Crippen LogP contribution < -0.4 is 17.2 Å². The molecule has 6 N–H and O–H groups in total. The first-order chi connectivity index (χ1) is 4.74. The fourth-order valence-electron chi connectivity index (χ4n) is 0.417. The van der Waals surface area contributed by atoms with E-state index in [1.54, 1.807) is 6.08 Å². The third kappa shape index (κ3) is 2.99. The molecular weight excluding hydrogens is 130 g/mol. The number of nitrogens with two attached hydrogens (primary N) is 3. The first-order valence-electron chi connectivity index (χ1n) is 2.86. The lowest BCUT2D eigenvalue weighted by molar-refractivity contribution is 0.305. The van der Waals surface area contributed by atoms with Gasteiger partial charge in [0.1, 0.15) is 5.76 Å². The minimum absolute atomic E-state index is 0.306. The van der Waals surface area contributed by atoms with Gasteiger partial charge in [-0.1, -0.05) is 0 Å². The highest BCUT2D eigenvalue weighted by atomic mass is 16.5. The maximum Gasteiger partial charge on any atom is 0.136 e. The molecule has 0 aromatic carbocycles. The summed E-state index contributed by atoms with van der Waals surface area (Å²) in [4.78, 5) is 0. The zero-order valence-electron chi connectivity index (χ0n) is 6.00. The van der Waals surface area contributed by atoms with E-state index in [0.717, 1.165) is 0 Å². The van der Waals surface area contributed by atoms with Gasteiger partial charge in [-0.3, -0.25) is 0 Å². The van der Waals surface area contributed by atoms with Crippen LogP contribution in [0.1, 0.15) is 0 Å². The molecule has 0 saturated heterocycles. The van der Waals surface area contributed by atoms with E-state index in [0.29, 0.717) is 18.0 Å². The summed E-state index contributed by atoms with van der Waals surface area (Å²) in [6.07, 6.45) is 2.91. The maximum atomic E-state index is 5.38. The Hall–Kier alpha value is -1.16. The van der Waals surface area contributed by atoms with Crippen molar-refractivity contribution < 1.29 is 4.74 Å². The van der Waals surface area contributed by atoms with E-state index < -0.39 is 0 Å². The predicted octanol–water partition coefficient (Wildman–Crippen LogP) is -0.766. The fraction of sp³-hybridized carbons (Fsp3) is 0.333. The Labute approximate surface area is 60.3 Å². The van der Waals surface area contributed by atoms with Crippen LogP contribution in [0.25, 0.3) is 0 Å². The van der Waals surface area contributed by atoms with Crippen molar-refractivity contribution in [3.8, 4) is 0 Å². The summed E-state index contributed by atoms with van der Waals surface area (Å²) < 4.78 is 4.80. The maximum absolute atomic E-state index is 5.38. The molecule has 0 aliphatic rings. The van der Waals surface area contributed by atoms with Gasteiger partial charge in [0.25, 0.3) is 0 Å². The second kappa shape index (κ2) is 4.69. The van der Waals surface area contributed by atoms with Crippen LogP contribution in [0, 0.1) is 0 Å². The Morgan fingerprint density at radius 1 is 1.60 bits per heavy atom. The molecule has 4 heteroatoms. The van der Waals surface area contributed by atoms with Gasteiger partial charge in [0.2, 0.25) is 0 Å². The van der Waals surface area contributed by atoms with Crippen molar-refractivity contribution in [1.82, 2.24) is 0 Å². The lowest BCUT2D eigenvalue weighted by atomic mass is 10.4. The van der Waals surface area contributed by atoms with Crippen molar-refractivity contribution in [3.63, 3.8) is 0 Å². The molecule has 0 saturated carbocycles. The molecular formula is C6H13N3O. The van der Waals surface area contributed by atoms with Crippen molar-refractivity contribution in [2.24, 2.45) is 17.2 Å². The molecule has 4 nitrogen and oxygen atoms in total. The Morgan fingerprint density at radius 2 is 2.20 bits per heavy atom. The van der Waals surface area contributed by atoms with Gasteiger partial charge in [0.05, 0.1) is 7.11 Å². The molecule has 58 valence electrons. The fourth-order valence-corrected chi connectivity index (χ4v) is 0.417. The van der Waals surface area contributed by atoms with Crippen molar-refractivity contribution >= 4 is 0 Å². The van der Waals surface area contributed by atoms with Gasteiger partial charge in [-0.05, 0) is 0 Å². The van der Waals surface area contributed by atoms with E-state index in [1.165, 1.54) is 13.3 Å². The van der Waals surface area contributed by atoms with Gasteiger partial charge >= 0.3 is 0 Å². The summed E-state index contributed by atoms with van der Waals surface area (Å²) in [5, 5.41) is 0. The monoisotopic (exact) mass is 143 g/mol. The van der Waals surface area contributed by atoms with E-state index in [-0.39, 0.29) is 0 Å². The summed E-state index contributed by atoms with van der Waals surface area (Å²) in [6.45, 7) is 0.306. The van der Waals surface area contributed by atoms with E-state index in [4.69, 9.17) is 21.9 Å². The molecule has 0 atom stereocenters. The van der Waals surface area contributed by atoms with E-state index >= 15 is 0 Å². The molecule has 0 bridgehead atoms. The van der Waals surface area contributed by atoms with Gasteiger partial charge in [0, 0.05) is 24.5 Å². The van der Waals surface area contributed by atoms with E-state index in [9.17, 15) is 0 Å². The molecule has 0 unspecified atom stereocenters. The Morgan fingerprint density at radius 3 is 2.50 bits per heavy atom. The molecule has 0 aromatic rings. The second-order valence-corrected chi connectivity index (χ2v) is 1.70. The van der Waals surface area contributed by atoms with Crippen LogP contribution in [0.2, 0.25) is 0 Å². The van der Waals surface area contributed by atoms with E-state index in [1.807, 2.05) is 0 Å². The molecule has 0 radical (unpaired) electrons. The summed E-state index contributed by atoms with van der Waals surface area (Å²) in [7, 11) is 1.51. The molecule has 0 aliphatic heterocycles. The SMILES string of the molecule is COC(/C=C(\N)CN)=C/N. The first-order valence-corrected chi connectivity index (χ1v) is 2.86. The van der Waals surface area contributed by atoms with Crippen LogP contribution in [0.3, 0.4) is 0 Å². The Bertz CT molecular complexity index is 151. The third-order valence-corrected chi connectivity index (χ3v) is 0.963. The van der Waals surface area contributed by atoms with Crippen LogP contribution in [-0.4, -0.2) is 13.7 Å². The van der Waals surface area contributed by atoms with Crippen molar-refractivity contribution in [1.29, 1.82) is 0 Å². The standard InChI is InChI=1S/C6H13N3O/c1-10-6(4-8)2-5(9)3-7/h2,4H,3,7-9H2,1H3/b5-2-,6-4+. The van der Waals surface area contributed by atoms with Crippen molar-refractivity contribution in [2.45, 2.75) is 0 Å². The minimum Gasteiger partial charge on any atom is -0.495 e. The van der Waals surface area contributed by atoms with Crippen LogP contribution in [0.15, 0.2) is 23.7 Å². The number of hydrogen-bond donors (Lipinski definition) is 3. The summed E-state index contributed by atoms with van der Waals surface area (Å²) in [5.41, 5.74) is 16.3. The third-order valence-electron chi connectivity index (χ3n) is 0.963. The van der Waals surface area contributed by atoms with Gasteiger partial charge in [-0.2, -0.15) is 0 Å². The first kappa shape index (κ1) is 8.84. The van der Waals surface area contributed by atoms with E-state index in [2.05, 4.69) is 0 Å². The molecule has 0 rings (SSSR count). The lowest BCUT2D eigenvalue weighted by Crippen LogP contribution is -2.11. The van der Waals surface area contributed by atoms with Crippen LogP contribution in [-0.2, 0) is 4.74 Å². The van der Waals surface area contributed by atoms with Crippen LogP contribution in [0.5, 0.6) is 0 Å². The zero-order valence-corrected chi connectivity index (χ0v) is 6.00. The lowest BCUT2D eigenvalue weighted by Gasteiger charge is -1.99. The predicted molar refractivity (Wildman–Crippen MR) is 40.6 cm³/mol. The zero-order chi connectivity index (χ0) is 7.98. The average molecular weight is 143 g/mol. The number of rotatable bonds is 3. The highest BCUT2D eigenvalue weighted by Gasteiger charge is 1.89. The van der Waals surface area contributed by atoms with Crippen LogP contribution in [0.4, 0.5) is 0 Å². The highest BCUT2D eigenvalue weighted by Crippen LogP contribution is 1.95. The quantitative estimate of drug-likeness (QED) is 0.358. The molecule has 0 aliphatic carbocycles. The molecule has 0 amide bonds. The molecule has 0 fully saturated rings. The number of ether oxygens (including phenoxy) is 1. The smallest absolute Gasteiger partial charge is 0.136 e. The number of allylic oxidation sites excluding steroid dienone is 1. The normalized spacial score (nSPS) is 13.4. The topological polar surface area (TPSA) is 87.3 Å². The molecule has 0 heterocycles. The minimum atomic E-state index is 0.306. The summed E-state index contributed by atoms with van der Waals surface area (Å²) in [6, 6.07) is 0. The second-order valence-electron chi connectivity index (χ2n) is 1.70. The summed E-state index contributed by atoms with van der Waals surface area (Å²) >= 11 is 0. The number of hydrogen-bond acceptors (Lipinski definition) is 4. The summed E-state index contributed by atoms with van der Waals surface area (Å²) in [5.74, 6) is 0.517.